The van der Waals surface area contributed by atoms with E-state index in [2.05, 4.69) is 15.6 Å². The smallest absolute Gasteiger partial charge is 0.310 e. The number of anilines is 1. The number of nitrogens with zero attached hydrogens (tertiary/aromatic N) is 2. The zero-order valence-electron chi connectivity index (χ0n) is 10.0. The van der Waals surface area contributed by atoms with E-state index in [1.807, 2.05) is 0 Å². The molecule has 1 aromatic heterocycles. The van der Waals surface area contributed by atoms with Crippen molar-refractivity contribution in [3.63, 3.8) is 0 Å². The molecular formula is C12H16N4O2. The highest BCUT2D eigenvalue weighted by atomic mass is 16.6. The first-order valence-corrected chi connectivity index (χ1v) is 6.33. The Hall–Kier alpha value is -1.69. The van der Waals surface area contributed by atoms with E-state index < -0.39 is 0 Å². The van der Waals surface area contributed by atoms with Gasteiger partial charge in [-0.1, -0.05) is 0 Å². The molecule has 2 saturated heterocycles. The highest BCUT2D eigenvalue weighted by molar-refractivity contribution is 5.60. The van der Waals surface area contributed by atoms with Gasteiger partial charge in [-0.2, -0.15) is 0 Å². The molecule has 2 N–H and O–H groups in total. The SMILES string of the molecule is O=[N+]([O-])c1cnccc1NC1CC2CCC(C1)N2. The van der Waals surface area contributed by atoms with E-state index in [0.717, 1.165) is 12.8 Å². The van der Waals surface area contributed by atoms with Crippen molar-refractivity contribution in [1.82, 2.24) is 10.3 Å². The lowest BCUT2D eigenvalue weighted by molar-refractivity contribution is -0.384. The Morgan fingerprint density at radius 2 is 2.11 bits per heavy atom. The van der Waals surface area contributed by atoms with Crippen LogP contribution >= 0.6 is 0 Å². The number of hydrogen-bond acceptors (Lipinski definition) is 5. The highest BCUT2D eigenvalue weighted by Gasteiger charge is 2.33. The van der Waals surface area contributed by atoms with Crippen LogP contribution in [0.5, 0.6) is 0 Å². The van der Waals surface area contributed by atoms with Crippen molar-refractivity contribution in [2.75, 3.05) is 5.32 Å². The summed E-state index contributed by atoms with van der Waals surface area (Å²) in [7, 11) is 0. The van der Waals surface area contributed by atoms with Gasteiger partial charge in [0, 0.05) is 24.3 Å². The van der Waals surface area contributed by atoms with Crippen LogP contribution in [-0.2, 0) is 0 Å². The molecule has 3 heterocycles. The minimum absolute atomic E-state index is 0.0587. The number of aromatic nitrogens is 1. The summed E-state index contributed by atoms with van der Waals surface area (Å²) in [6, 6.07) is 3.15. The van der Waals surface area contributed by atoms with Gasteiger partial charge < -0.3 is 10.6 Å². The number of pyridine rings is 1. The van der Waals surface area contributed by atoms with Gasteiger partial charge in [-0.15, -0.1) is 0 Å². The Kier molecular flexibility index (Phi) is 2.87. The average Bonchev–Trinajstić information content (AvgIpc) is 2.69. The third-order valence-corrected chi connectivity index (χ3v) is 3.83. The zero-order valence-corrected chi connectivity index (χ0v) is 10.0. The number of nitrogens with one attached hydrogen (secondary N) is 2. The summed E-state index contributed by atoms with van der Waals surface area (Å²) in [6.45, 7) is 0. The van der Waals surface area contributed by atoms with Crippen LogP contribution in [0.4, 0.5) is 11.4 Å². The number of rotatable bonds is 3. The average molecular weight is 248 g/mol. The first kappa shape index (κ1) is 11.4. The molecule has 6 nitrogen and oxygen atoms in total. The Morgan fingerprint density at radius 1 is 1.39 bits per heavy atom. The lowest BCUT2D eigenvalue weighted by Gasteiger charge is -2.30. The molecule has 2 aliphatic rings. The second-order valence-electron chi connectivity index (χ2n) is 5.10. The van der Waals surface area contributed by atoms with E-state index in [9.17, 15) is 10.1 Å². The fourth-order valence-electron chi connectivity index (χ4n) is 3.05. The first-order chi connectivity index (χ1) is 8.72. The third kappa shape index (κ3) is 2.15. The summed E-state index contributed by atoms with van der Waals surface area (Å²) in [6.07, 6.45) is 7.41. The maximum atomic E-state index is 10.9. The Labute approximate surface area is 105 Å². The van der Waals surface area contributed by atoms with Gasteiger partial charge in [0.2, 0.25) is 0 Å². The standard InChI is InChI=1S/C12H16N4O2/c17-16(18)12-7-13-4-3-11(12)15-10-5-8-1-2-9(6-10)14-8/h3-4,7-10,14H,1-2,5-6H2,(H,13,15). The van der Waals surface area contributed by atoms with E-state index in [-0.39, 0.29) is 10.6 Å². The summed E-state index contributed by atoms with van der Waals surface area (Å²) in [5.74, 6) is 0. The monoisotopic (exact) mass is 248 g/mol. The fraction of sp³-hybridized carbons (Fsp3) is 0.583. The second-order valence-corrected chi connectivity index (χ2v) is 5.10. The maximum Gasteiger partial charge on any atom is 0.310 e. The minimum atomic E-state index is -0.384. The molecular weight excluding hydrogens is 232 g/mol. The van der Waals surface area contributed by atoms with Gasteiger partial charge in [-0.3, -0.25) is 15.1 Å². The van der Waals surface area contributed by atoms with Gasteiger partial charge in [0.1, 0.15) is 11.9 Å². The number of fused-ring (bicyclic) bond motifs is 2. The number of piperidine rings is 1. The van der Waals surface area contributed by atoms with Gasteiger partial charge in [-0.25, -0.2) is 0 Å². The normalized spacial score (nSPS) is 30.1. The van der Waals surface area contributed by atoms with Crippen LogP contribution in [0, 0.1) is 10.1 Å². The van der Waals surface area contributed by atoms with Crippen molar-refractivity contribution in [2.24, 2.45) is 0 Å². The van der Waals surface area contributed by atoms with Crippen molar-refractivity contribution in [3.8, 4) is 0 Å². The van der Waals surface area contributed by atoms with Crippen molar-refractivity contribution in [1.29, 1.82) is 0 Å². The third-order valence-electron chi connectivity index (χ3n) is 3.83. The maximum absolute atomic E-state index is 10.9. The molecule has 0 saturated carbocycles. The van der Waals surface area contributed by atoms with E-state index in [1.54, 1.807) is 12.3 Å². The van der Waals surface area contributed by atoms with E-state index in [4.69, 9.17) is 0 Å². The van der Waals surface area contributed by atoms with Crippen molar-refractivity contribution in [2.45, 2.75) is 43.8 Å². The highest BCUT2D eigenvalue weighted by Crippen LogP contribution is 2.31. The molecule has 18 heavy (non-hydrogen) atoms. The van der Waals surface area contributed by atoms with E-state index >= 15 is 0 Å². The topological polar surface area (TPSA) is 80.1 Å². The van der Waals surface area contributed by atoms with Crippen LogP contribution in [0.2, 0.25) is 0 Å². The fourth-order valence-corrected chi connectivity index (χ4v) is 3.05. The summed E-state index contributed by atoms with van der Waals surface area (Å²) >= 11 is 0. The second kappa shape index (κ2) is 4.53. The van der Waals surface area contributed by atoms with Crippen LogP contribution in [0.25, 0.3) is 0 Å². The molecule has 96 valence electrons. The molecule has 2 aliphatic heterocycles. The summed E-state index contributed by atoms with van der Waals surface area (Å²) in [5, 5.41) is 17.8. The van der Waals surface area contributed by atoms with Gasteiger partial charge >= 0.3 is 5.69 Å². The Morgan fingerprint density at radius 3 is 2.78 bits per heavy atom. The predicted molar refractivity (Wildman–Crippen MR) is 67.5 cm³/mol. The van der Waals surface area contributed by atoms with Crippen LogP contribution in [-0.4, -0.2) is 28.0 Å². The predicted octanol–water partition coefficient (Wildman–Crippen LogP) is 1.68. The van der Waals surface area contributed by atoms with Gasteiger partial charge in [-0.05, 0) is 31.7 Å². The van der Waals surface area contributed by atoms with E-state index in [1.165, 1.54) is 19.0 Å². The molecule has 0 aromatic carbocycles. The van der Waals surface area contributed by atoms with Gasteiger partial charge in [0.05, 0.1) is 4.92 Å². The molecule has 0 spiro atoms. The van der Waals surface area contributed by atoms with Gasteiger partial charge in [0.25, 0.3) is 0 Å². The Bertz CT molecular complexity index is 453. The molecule has 2 bridgehead atoms. The zero-order chi connectivity index (χ0) is 12.5. The molecule has 0 aliphatic carbocycles. The van der Waals surface area contributed by atoms with Crippen molar-refractivity contribution < 1.29 is 4.92 Å². The molecule has 3 rings (SSSR count). The number of nitro groups is 1. The van der Waals surface area contributed by atoms with Crippen LogP contribution in [0.1, 0.15) is 25.7 Å². The van der Waals surface area contributed by atoms with Crippen LogP contribution < -0.4 is 10.6 Å². The van der Waals surface area contributed by atoms with Crippen molar-refractivity contribution in [3.05, 3.63) is 28.6 Å². The largest absolute Gasteiger partial charge is 0.377 e. The summed E-state index contributed by atoms with van der Waals surface area (Å²) in [4.78, 5) is 14.3. The van der Waals surface area contributed by atoms with Gasteiger partial charge in [0.15, 0.2) is 0 Å². The molecule has 0 radical (unpaired) electrons. The number of hydrogen-bond donors (Lipinski definition) is 2. The Balaban J connectivity index is 1.75. The molecule has 0 amide bonds. The molecule has 2 atom stereocenters. The quantitative estimate of drug-likeness (QED) is 0.628. The van der Waals surface area contributed by atoms with Crippen molar-refractivity contribution >= 4 is 11.4 Å². The summed E-state index contributed by atoms with van der Waals surface area (Å²) in [5.41, 5.74) is 0.643. The molecule has 2 fully saturated rings. The minimum Gasteiger partial charge on any atom is -0.377 e. The first-order valence-electron chi connectivity index (χ1n) is 6.33. The molecule has 2 unspecified atom stereocenters. The van der Waals surface area contributed by atoms with E-state index in [0.29, 0.717) is 23.8 Å². The van der Waals surface area contributed by atoms with Crippen LogP contribution in [0.3, 0.4) is 0 Å². The lowest BCUT2D eigenvalue weighted by Crippen LogP contribution is -2.43. The van der Waals surface area contributed by atoms with Crippen LogP contribution in [0.15, 0.2) is 18.5 Å². The summed E-state index contributed by atoms with van der Waals surface area (Å²) < 4.78 is 0. The molecule has 1 aromatic rings. The lowest BCUT2D eigenvalue weighted by atomic mass is 9.99. The molecule has 6 heteroatoms.